The molecule has 174 valence electrons. The fourth-order valence-electron chi connectivity index (χ4n) is 2.26. The van der Waals surface area contributed by atoms with Gasteiger partial charge >= 0.3 is 5.95 Å². The van der Waals surface area contributed by atoms with E-state index in [-0.39, 0.29) is 31.2 Å². The summed E-state index contributed by atoms with van der Waals surface area (Å²) in [6.45, 7) is 8.96. The van der Waals surface area contributed by atoms with Crippen molar-refractivity contribution in [2.75, 3.05) is 19.8 Å². The topological polar surface area (TPSA) is 155 Å². The van der Waals surface area contributed by atoms with Crippen molar-refractivity contribution in [3.8, 4) is 0 Å². The number of aryl methyl sites for hydroxylation is 1. The van der Waals surface area contributed by atoms with Crippen LogP contribution >= 0.6 is 0 Å². The van der Waals surface area contributed by atoms with E-state index in [1.807, 2.05) is 0 Å². The Morgan fingerprint density at radius 1 is 1.32 bits per heavy atom. The Balaban J connectivity index is 2.59. The van der Waals surface area contributed by atoms with Crippen LogP contribution in [-0.4, -0.2) is 69.3 Å². The number of imidazole rings is 1. The molecule has 1 atom stereocenters. The van der Waals surface area contributed by atoms with Crippen LogP contribution in [0.1, 0.15) is 41.0 Å². The number of carbonyl (C=O) groups is 3. The first-order valence-corrected chi connectivity index (χ1v) is 9.82. The Bertz CT molecular complexity index is 775. The van der Waals surface area contributed by atoms with E-state index < -0.39 is 27.9 Å². The maximum Gasteiger partial charge on any atom is 0.434 e. The largest absolute Gasteiger partial charge is 0.434 e. The third-order valence-corrected chi connectivity index (χ3v) is 4.70. The van der Waals surface area contributed by atoms with Crippen LogP contribution < -0.4 is 10.8 Å². The fourth-order valence-corrected chi connectivity index (χ4v) is 2.26. The van der Waals surface area contributed by atoms with E-state index in [0.29, 0.717) is 19.6 Å². The first kappa shape index (κ1) is 26.5. The van der Waals surface area contributed by atoms with E-state index in [4.69, 9.17) is 9.57 Å². The van der Waals surface area contributed by atoms with Gasteiger partial charge in [0.05, 0.1) is 18.7 Å². The summed E-state index contributed by atoms with van der Waals surface area (Å²) in [6, 6.07) is 0. The van der Waals surface area contributed by atoms with Crippen molar-refractivity contribution in [3.05, 3.63) is 22.5 Å². The quantitative estimate of drug-likeness (QED) is 0.122. The summed E-state index contributed by atoms with van der Waals surface area (Å²) >= 11 is 0. The van der Waals surface area contributed by atoms with Gasteiger partial charge in [0.15, 0.2) is 6.29 Å². The van der Waals surface area contributed by atoms with Gasteiger partial charge in [-0.25, -0.2) is 4.57 Å². The molecule has 1 heterocycles. The molecule has 31 heavy (non-hydrogen) atoms. The molecule has 0 fully saturated rings. The van der Waals surface area contributed by atoms with Crippen LogP contribution in [0.4, 0.5) is 5.95 Å². The molecule has 0 saturated heterocycles. The van der Waals surface area contributed by atoms with Gasteiger partial charge in [0.2, 0.25) is 5.78 Å². The van der Waals surface area contributed by atoms with Crippen LogP contribution in [0.2, 0.25) is 0 Å². The lowest BCUT2D eigenvalue weighted by Crippen LogP contribution is -2.53. The van der Waals surface area contributed by atoms with Gasteiger partial charge in [0, 0.05) is 19.6 Å². The number of ketones is 2. The van der Waals surface area contributed by atoms with Crippen molar-refractivity contribution in [1.29, 1.82) is 0 Å². The number of nitro groups is 1. The Morgan fingerprint density at radius 2 is 2.00 bits per heavy atom. The molecule has 0 aliphatic carbocycles. The number of ether oxygens (including phenoxy) is 1. The lowest BCUT2D eigenvalue weighted by atomic mass is 10.0. The lowest BCUT2D eigenvalue weighted by Gasteiger charge is -2.29. The zero-order valence-electron chi connectivity index (χ0n) is 18.5. The molecule has 0 radical (unpaired) electrons. The maximum atomic E-state index is 11.7. The highest BCUT2D eigenvalue weighted by Gasteiger charge is 2.29. The molecule has 0 aliphatic rings. The third kappa shape index (κ3) is 8.61. The van der Waals surface area contributed by atoms with E-state index in [1.54, 1.807) is 13.8 Å². The molecule has 1 aromatic heterocycles. The average Bonchev–Trinajstić information content (AvgIpc) is 3.17. The number of rotatable bonds is 16. The minimum Gasteiger partial charge on any atom is -0.390 e. The van der Waals surface area contributed by atoms with Crippen molar-refractivity contribution in [3.63, 3.8) is 0 Å². The molecule has 2 N–H and O–H groups in total. The molecule has 12 nitrogen and oxygen atoms in total. The standard InChI is InChI=1S/C19H31N5O7/c1-14(26)18(2,3)21-11-15(31-22-19(4,5)16(27)12-25)13-30-10-6-8-23-9-7-20-17(23)24(28)29/h7,9,12,15,21-22H,6,8,10-11,13H2,1-5H3. The summed E-state index contributed by atoms with van der Waals surface area (Å²) < 4.78 is 7.04. The molecular weight excluding hydrogens is 410 g/mol. The minimum absolute atomic E-state index is 0.0569. The predicted octanol–water partition coefficient (Wildman–Crippen LogP) is 0.592. The summed E-state index contributed by atoms with van der Waals surface area (Å²) in [5.41, 5.74) is 0.578. The van der Waals surface area contributed by atoms with E-state index in [1.165, 1.54) is 37.7 Å². The van der Waals surface area contributed by atoms with Gasteiger partial charge in [0.25, 0.3) is 0 Å². The van der Waals surface area contributed by atoms with Crippen molar-refractivity contribution in [2.45, 2.75) is 64.8 Å². The second-order valence-corrected chi connectivity index (χ2v) is 8.12. The smallest absolute Gasteiger partial charge is 0.390 e. The highest BCUT2D eigenvalue weighted by atomic mass is 16.7. The monoisotopic (exact) mass is 441 g/mol. The van der Waals surface area contributed by atoms with E-state index in [2.05, 4.69) is 15.8 Å². The summed E-state index contributed by atoms with van der Waals surface area (Å²) in [5, 5.41) is 14.0. The summed E-state index contributed by atoms with van der Waals surface area (Å²) in [5.74, 6) is -0.965. The number of nitrogens with one attached hydrogen (secondary N) is 2. The zero-order valence-corrected chi connectivity index (χ0v) is 18.5. The van der Waals surface area contributed by atoms with Gasteiger partial charge in [-0.3, -0.25) is 19.2 Å². The van der Waals surface area contributed by atoms with Gasteiger partial charge in [-0.2, -0.15) is 5.48 Å². The summed E-state index contributed by atoms with van der Waals surface area (Å²) in [7, 11) is 0. The Kier molecular flexibility index (Phi) is 10.0. The third-order valence-electron chi connectivity index (χ3n) is 4.70. The molecule has 1 rings (SSSR count). The summed E-state index contributed by atoms with van der Waals surface area (Å²) in [4.78, 5) is 53.7. The number of Topliss-reactive ketones (excluding diaryl/α,β-unsaturated/α-hetero) is 2. The molecule has 12 heteroatoms. The molecule has 0 amide bonds. The van der Waals surface area contributed by atoms with Crippen LogP contribution in [0.3, 0.4) is 0 Å². The molecule has 0 aliphatic heterocycles. The van der Waals surface area contributed by atoms with Gasteiger partial charge in [-0.1, -0.05) is 4.98 Å². The number of aromatic nitrogens is 2. The van der Waals surface area contributed by atoms with Crippen LogP contribution in [0.15, 0.2) is 12.4 Å². The molecule has 0 spiro atoms. The number of hydrogen-bond acceptors (Lipinski definition) is 10. The minimum atomic E-state index is -1.23. The lowest BCUT2D eigenvalue weighted by molar-refractivity contribution is -0.396. The second-order valence-electron chi connectivity index (χ2n) is 8.12. The molecule has 1 unspecified atom stereocenters. The van der Waals surface area contributed by atoms with E-state index in [0.717, 1.165) is 0 Å². The van der Waals surface area contributed by atoms with Crippen molar-refractivity contribution < 1.29 is 28.9 Å². The number of aldehydes is 1. The van der Waals surface area contributed by atoms with Crippen LogP contribution in [0, 0.1) is 10.1 Å². The van der Waals surface area contributed by atoms with Gasteiger partial charge in [0.1, 0.15) is 29.8 Å². The van der Waals surface area contributed by atoms with Crippen LogP contribution in [0.5, 0.6) is 0 Å². The molecule has 0 aromatic carbocycles. The van der Waals surface area contributed by atoms with Gasteiger partial charge in [-0.15, -0.1) is 0 Å². The number of hydrogen-bond donors (Lipinski definition) is 2. The van der Waals surface area contributed by atoms with Gasteiger partial charge < -0.3 is 20.2 Å². The maximum absolute atomic E-state index is 11.7. The average molecular weight is 441 g/mol. The fraction of sp³-hybridized carbons (Fsp3) is 0.684. The van der Waals surface area contributed by atoms with Crippen molar-refractivity contribution in [1.82, 2.24) is 20.3 Å². The first-order valence-electron chi connectivity index (χ1n) is 9.82. The molecular formula is C19H31N5O7. The van der Waals surface area contributed by atoms with E-state index in [9.17, 15) is 24.5 Å². The number of carbonyl (C=O) groups excluding carboxylic acids is 3. The van der Waals surface area contributed by atoms with Crippen molar-refractivity contribution in [2.24, 2.45) is 0 Å². The highest BCUT2D eigenvalue weighted by molar-refractivity contribution is 6.28. The Morgan fingerprint density at radius 3 is 2.58 bits per heavy atom. The van der Waals surface area contributed by atoms with Gasteiger partial charge in [-0.05, 0) is 39.5 Å². The highest BCUT2D eigenvalue weighted by Crippen LogP contribution is 2.09. The normalized spacial score (nSPS) is 13.1. The number of hydroxylamine groups is 1. The van der Waals surface area contributed by atoms with E-state index >= 15 is 0 Å². The number of nitrogens with zero attached hydrogens (tertiary/aromatic N) is 3. The molecule has 0 bridgehead atoms. The SMILES string of the molecule is CC(=O)C(C)(C)NCC(COCCCn1ccnc1[N+](=O)[O-])ONC(C)(C)C(=O)C=O. The molecule has 0 saturated carbocycles. The summed E-state index contributed by atoms with van der Waals surface area (Å²) in [6.07, 6.45) is 3.01. The van der Waals surface area contributed by atoms with Crippen molar-refractivity contribution >= 4 is 23.8 Å². The Labute approximate surface area is 180 Å². The molecule has 1 aromatic rings. The van der Waals surface area contributed by atoms with Crippen LogP contribution in [-0.2, 0) is 30.5 Å². The second kappa shape index (κ2) is 11.7. The zero-order chi connectivity index (χ0) is 23.7. The van der Waals surface area contributed by atoms with Crippen LogP contribution in [0.25, 0.3) is 0 Å². The Hall–Kier alpha value is -2.54. The first-order chi connectivity index (χ1) is 14.4. The predicted molar refractivity (Wildman–Crippen MR) is 110 cm³/mol.